The van der Waals surface area contributed by atoms with Crippen LogP contribution in [0.5, 0.6) is 0 Å². The highest BCUT2D eigenvalue weighted by Crippen LogP contribution is 2.22. The molecule has 0 bridgehead atoms. The lowest BCUT2D eigenvalue weighted by Gasteiger charge is -2.26. The smallest absolute Gasteiger partial charge is 0.274 e. The Bertz CT molecular complexity index is 814. The van der Waals surface area contributed by atoms with Gasteiger partial charge in [-0.1, -0.05) is 25.1 Å². The molecule has 6 nitrogen and oxygen atoms in total. The number of rotatable bonds is 4. The summed E-state index contributed by atoms with van der Waals surface area (Å²) in [7, 11) is 0. The Balaban J connectivity index is 1.79. The maximum Gasteiger partial charge on any atom is 0.274 e. The van der Waals surface area contributed by atoms with Crippen molar-refractivity contribution in [1.82, 2.24) is 9.88 Å². The third-order valence-corrected chi connectivity index (χ3v) is 4.52. The highest BCUT2D eigenvalue weighted by atomic mass is 16.5. The number of aryl methyl sites for hydroxylation is 2. The summed E-state index contributed by atoms with van der Waals surface area (Å²) >= 11 is 0. The molecule has 0 saturated carbocycles. The standard InChI is InChI=1S/C20H23N3O3/c1-3-15-6-4-5-14(2)18(15)22-19(24)17-13-16(7-8-21-17)20(25)23-9-11-26-12-10-23/h4-8,13H,3,9-12H2,1-2H3,(H,22,24). The third-order valence-electron chi connectivity index (χ3n) is 4.52. The van der Waals surface area contributed by atoms with E-state index in [0.717, 1.165) is 23.2 Å². The van der Waals surface area contributed by atoms with Gasteiger partial charge in [0.2, 0.25) is 0 Å². The van der Waals surface area contributed by atoms with Crippen LogP contribution in [0.25, 0.3) is 0 Å². The van der Waals surface area contributed by atoms with Gasteiger partial charge in [-0.15, -0.1) is 0 Å². The maximum absolute atomic E-state index is 12.7. The van der Waals surface area contributed by atoms with Crippen molar-refractivity contribution < 1.29 is 14.3 Å². The number of anilines is 1. The SMILES string of the molecule is CCc1cccc(C)c1NC(=O)c1cc(C(=O)N2CCOCC2)ccn1. The lowest BCUT2D eigenvalue weighted by molar-refractivity contribution is 0.0303. The van der Waals surface area contributed by atoms with Gasteiger partial charge < -0.3 is 15.0 Å². The molecule has 1 fully saturated rings. The Hall–Kier alpha value is -2.73. The number of nitrogens with one attached hydrogen (secondary N) is 1. The highest BCUT2D eigenvalue weighted by Gasteiger charge is 2.20. The molecule has 1 aromatic carbocycles. The quantitative estimate of drug-likeness (QED) is 0.917. The van der Waals surface area contributed by atoms with Crippen molar-refractivity contribution in [2.24, 2.45) is 0 Å². The number of benzene rings is 1. The second-order valence-electron chi connectivity index (χ2n) is 6.25. The summed E-state index contributed by atoms with van der Waals surface area (Å²) in [5.74, 6) is -0.416. The summed E-state index contributed by atoms with van der Waals surface area (Å²) < 4.78 is 5.28. The van der Waals surface area contributed by atoms with Gasteiger partial charge in [0.15, 0.2) is 0 Å². The van der Waals surface area contributed by atoms with Crippen LogP contribution in [0.1, 0.15) is 38.9 Å². The number of carbonyl (C=O) groups is 2. The molecular weight excluding hydrogens is 330 g/mol. The number of amides is 2. The van der Waals surface area contributed by atoms with E-state index in [1.165, 1.54) is 6.20 Å². The lowest BCUT2D eigenvalue weighted by atomic mass is 10.1. The van der Waals surface area contributed by atoms with Gasteiger partial charge in [0, 0.05) is 30.5 Å². The molecule has 3 rings (SSSR count). The van der Waals surface area contributed by atoms with Crippen LogP contribution in [0.2, 0.25) is 0 Å². The first-order chi connectivity index (χ1) is 12.6. The summed E-state index contributed by atoms with van der Waals surface area (Å²) in [5.41, 5.74) is 3.57. The predicted molar refractivity (Wildman–Crippen MR) is 99.5 cm³/mol. The molecule has 1 aliphatic heterocycles. The Morgan fingerprint density at radius 2 is 2.00 bits per heavy atom. The summed E-state index contributed by atoms with van der Waals surface area (Å²) in [6.45, 7) is 6.21. The third kappa shape index (κ3) is 3.91. The van der Waals surface area contributed by atoms with Crippen molar-refractivity contribution in [2.45, 2.75) is 20.3 Å². The van der Waals surface area contributed by atoms with Crippen LogP contribution >= 0.6 is 0 Å². The Morgan fingerprint density at radius 1 is 1.23 bits per heavy atom. The first-order valence-electron chi connectivity index (χ1n) is 8.83. The Kier molecular flexibility index (Phi) is 5.63. The van der Waals surface area contributed by atoms with E-state index in [4.69, 9.17) is 4.74 Å². The van der Waals surface area contributed by atoms with Gasteiger partial charge in [-0.05, 0) is 36.6 Å². The van der Waals surface area contributed by atoms with E-state index in [9.17, 15) is 9.59 Å². The minimum atomic E-state index is -0.314. The minimum Gasteiger partial charge on any atom is -0.378 e. The van der Waals surface area contributed by atoms with Crippen molar-refractivity contribution in [1.29, 1.82) is 0 Å². The number of ether oxygens (including phenoxy) is 1. The molecule has 1 aromatic heterocycles. The maximum atomic E-state index is 12.7. The molecule has 0 aliphatic carbocycles. The van der Waals surface area contributed by atoms with E-state index in [0.29, 0.717) is 31.9 Å². The molecule has 6 heteroatoms. The van der Waals surface area contributed by atoms with Crippen LogP contribution in [0.4, 0.5) is 5.69 Å². The zero-order valence-electron chi connectivity index (χ0n) is 15.1. The normalized spacial score (nSPS) is 14.2. The van der Waals surface area contributed by atoms with E-state index in [1.54, 1.807) is 17.0 Å². The zero-order valence-corrected chi connectivity index (χ0v) is 15.1. The van der Waals surface area contributed by atoms with Crippen LogP contribution in [0, 0.1) is 6.92 Å². The molecular formula is C20H23N3O3. The second kappa shape index (κ2) is 8.10. The predicted octanol–water partition coefficient (Wildman–Crippen LogP) is 2.68. The average molecular weight is 353 g/mol. The summed E-state index contributed by atoms with van der Waals surface area (Å²) in [6.07, 6.45) is 2.32. The number of carbonyl (C=O) groups excluding carboxylic acids is 2. The van der Waals surface area contributed by atoms with Crippen molar-refractivity contribution in [2.75, 3.05) is 31.6 Å². The number of hydrogen-bond acceptors (Lipinski definition) is 4. The molecule has 0 radical (unpaired) electrons. The molecule has 26 heavy (non-hydrogen) atoms. The van der Waals surface area contributed by atoms with Crippen molar-refractivity contribution in [3.63, 3.8) is 0 Å². The number of nitrogens with zero attached hydrogens (tertiary/aromatic N) is 2. The monoisotopic (exact) mass is 353 g/mol. The van der Waals surface area contributed by atoms with E-state index in [2.05, 4.69) is 10.3 Å². The fraction of sp³-hybridized carbons (Fsp3) is 0.350. The van der Waals surface area contributed by atoms with Crippen molar-refractivity contribution in [3.8, 4) is 0 Å². The van der Waals surface area contributed by atoms with E-state index < -0.39 is 0 Å². The number of para-hydroxylation sites is 1. The number of aromatic nitrogens is 1. The fourth-order valence-electron chi connectivity index (χ4n) is 3.02. The molecule has 2 heterocycles. The molecule has 0 spiro atoms. The number of pyridine rings is 1. The average Bonchev–Trinajstić information content (AvgIpc) is 2.69. The summed E-state index contributed by atoms with van der Waals surface area (Å²) in [4.78, 5) is 31.1. The first kappa shape index (κ1) is 18.1. The number of hydrogen-bond donors (Lipinski definition) is 1. The molecule has 136 valence electrons. The van der Waals surface area contributed by atoms with Crippen LogP contribution in [0.15, 0.2) is 36.5 Å². The summed E-state index contributed by atoms with van der Waals surface area (Å²) in [6, 6.07) is 9.12. The lowest BCUT2D eigenvalue weighted by Crippen LogP contribution is -2.40. The highest BCUT2D eigenvalue weighted by molar-refractivity contribution is 6.05. The first-order valence-corrected chi connectivity index (χ1v) is 8.83. The van der Waals surface area contributed by atoms with Crippen LogP contribution in [0.3, 0.4) is 0 Å². The number of morpholine rings is 1. The molecule has 0 atom stereocenters. The van der Waals surface area contributed by atoms with Crippen molar-refractivity contribution >= 4 is 17.5 Å². The Morgan fingerprint density at radius 3 is 2.73 bits per heavy atom. The van der Waals surface area contributed by atoms with E-state index in [1.807, 2.05) is 32.0 Å². The van der Waals surface area contributed by atoms with E-state index >= 15 is 0 Å². The van der Waals surface area contributed by atoms with Crippen LogP contribution < -0.4 is 5.32 Å². The zero-order chi connectivity index (χ0) is 18.5. The van der Waals surface area contributed by atoms with Gasteiger partial charge in [0.1, 0.15) is 5.69 Å². The summed E-state index contributed by atoms with van der Waals surface area (Å²) in [5, 5.41) is 2.95. The van der Waals surface area contributed by atoms with E-state index in [-0.39, 0.29) is 17.5 Å². The van der Waals surface area contributed by atoms with Gasteiger partial charge in [0.05, 0.1) is 13.2 Å². The van der Waals surface area contributed by atoms with Gasteiger partial charge in [-0.3, -0.25) is 14.6 Å². The van der Waals surface area contributed by atoms with Crippen LogP contribution in [-0.4, -0.2) is 48.0 Å². The van der Waals surface area contributed by atoms with Crippen LogP contribution in [-0.2, 0) is 11.2 Å². The largest absolute Gasteiger partial charge is 0.378 e. The molecule has 2 aromatic rings. The molecule has 2 amide bonds. The van der Waals surface area contributed by atoms with Gasteiger partial charge >= 0.3 is 0 Å². The minimum absolute atomic E-state index is 0.102. The van der Waals surface area contributed by atoms with Gasteiger partial charge in [-0.2, -0.15) is 0 Å². The molecule has 0 unspecified atom stereocenters. The molecule has 1 aliphatic rings. The van der Waals surface area contributed by atoms with Gasteiger partial charge in [0.25, 0.3) is 11.8 Å². The van der Waals surface area contributed by atoms with Crippen molar-refractivity contribution in [3.05, 3.63) is 58.9 Å². The second-order valence-corrected chi connectivity index (χ2v) is 6.25. The molecule has 1 saturated heterocycles. The Labute approximate surface area is 153 Å². The van der Waals surface area contributed by atoms with Gasteiger partial charge in [-0.25, -0.2) is 0 Å². The topological polar surface area (TPSA) is 71.5 Å². The molecule has 1 N–H and O–H groups in total. The fourth-order valence-corrected chi connectivity index (χ4v) is 3.02.